The molecule has 1 fully saturated rings. The van der Waals surface area contributed by atoms with Crippen molar-refractivity contribution in [2.75, 3.05) is 20.3 Å². The molecule has 2 heterocycles. The van der Waals surface area contributed by atoms with Gasteiger partial charge < -0.3 is 10.1 Å². The van der Waals surface area contributed by atoms with Gasteiger partial charge in [0.05, 0.1) is 6.61 Å². The summed E-state index contributed by atoms with van der Waals surface area (Å²) >= 11 is 1.92. The van der Waals surface area contributed by atoms with E-state index in [0.29, 0.717) is 12.0 Å². The largest absolute Gasteiger partial charge is 0.381 e. The molecule has 84 valence electrons. The lowest BCUT2D eigenvalue weighted by Crippen LogP contribution is -2.24. The first-order valence-electron chi connectivity index (χ1n) is 5.54. The molecule has 1 aliphatic rings. The normalized spacial score (nSPS) is 23.3. The maximum absolute atomic E-state index is 5.46. The van der Waals surface area contributed by atoms with E-state index in [1.54, 1.807) is 0 Å². The first-order chi connectivity index (χ1) is 7.22. The molecule has 2 atom stereocenters. The van der Waals surface area contributed by atoms with Crippen molar-refractivity contribution in [3.05, 3.63) is 21.4 Å². The molecule has 0 saturated carbocycles. The van der Waals surface area contributed by atoms with Gasteiger partial charge in [0, 0.05) is 28.3 Å². The van der Waals surface area contributed by atoms with E-state index in [0.717, 1.165) is 13.2 Å². The molecule has 1 aromatic heterocycles. The molecule has 15 heavy (non-hydrogen) atoms. The summed E-state index contributed by atoms with van der Waals surface area (Å²) < 4.78 is 5.46. The van der Waals surface area contributed by atoms with Crippen LogP contribution < -0.4 is 5.32 Å². The third-order valence-corrected chi connectivity index (χ3v) is 4.47. The van der Waals surface area contributed by atoms with Crippen LogP contribution in [0.5, 0.6) is 0 Å². The van der Waals surface area contributed by atoms with Crippen molar-refractivity contribution in [3.63, 3.8) is 0 Å². The van der Waals surface area contributed by atoms with Crippen LogP contribution in [0.1, 0.15) is 27.8 Å². The van der Waals surface area contributed by atoms with E-state index in [-0.39, 0.29) is 0 Å². The lowest BCUT2D eigenvalue weighted by Gasteiger charge is -2.20. The SMILES string of the molecule is CNC(c1cc(C)c(C)s1)C1CCOC1. The molecule has 0 bridgehead atoms. The van der Waals surface area contributed by atoms with Crippen LogP contribution in [0, 0.1) is 19.8 Å². The highest BCUT2D eigenvalue weighted by Gasteiger charge is 2.27. The second-order valence-corrected chi connectivity index (χ2v) is 5.57. The fourth-order valence-electron chi connectivity index (χ4n) is 2.18. The summed E-state index contributed by atoms with van der Waals surface area (Å²) in [6.45, 7) is 6.21. The van der Waals surface area contributed by atoms with Gasteiger partial charge in [0.25, 0.3) is 0 Å². The zero-order chi connectivity index (χ0) is 10.8. The average molecular weight is 225 g/mol. The number of aryl methyl sites for hydroxylation is 2. The quantitative estimate of drug-likeness (QED) is 0.854. The smallest absolute Gasteiger partial charge is 0.0513 e. The van der Waals surface area contributed by atoms with Crippen molar-refractivity contribution >= 4 is 11.3 Å². The number of ether oxygens (including phenoxy) is 1. The highest BCUT2D eigenvalue weighted by molar-refractivity contribution is 7.12. The van der Waals surface area contributed by atoms with Crippen LogP contribution in [0.4, 0.5) is 0 Å². The molecule has 0 aliphatic carbocycles. The van der Waals surface area contributed by atoms with Gasteiger partial charge in [0.2, 0.25) is 0 Å². The predicted octanol–water partition coefficient (Wildman–Crippen LogP) is 2.66. The second kappa shape index (κ2) is 4.64. The molecule has 1 aromatic rings. The molecule has 0 amide bonds. The van der Waals surface area contributed by atoms with Crippen molar-refractivity contribution < 1.29 is 4.74 Å². The topological polar surface area (TPSA) is 21.3 Å². The zero-order valence-corrected chi connectivity index (χ0v) is 10.5. The predicted molar refractivity (Wildman–Crippen MR) is 64.5 cm³/mol. The summed E-state index contributed by atoms with van der Waals surface area (Å²) in [7, 11) is 2.05. The van der Waals surface area contributed by atoms with Crippen molar-refractivity contribution in [3.8, 4) is 0 Å². The number of hydrogen-bond acceptors (Lipinski definition) is 3. The highest BCUT2D eigenvalue weighted by Crippen LogP contribution is 2.34. The Morgan fingerprint density at radius 2 is 2.33 bits per heavy atom. The second-order valence-electron chi connectivity index (χ2n) is 4.28. The Hall–Kier alpha value is -0.380. The summed E-state index contributed by atoms with van der Waals surface area (Å²) in [5.41, 5.74) is 1.41. The van der Waals surface area contributed by atoms with Gasteiger partial charge in [-0.15, -0.1) is 11.3 Å². The fraction of sp³-hybridized carbons (Fsp3) is 0.667. The molecule has 0 spiro atoms. The van der Waals surface area contributed by atoms with Crippen LogP contribution >= 0.6 is 11.3 Å². The van der Waals surface area contributed by atoms with E-state index in [9.17, 15) is 0 Å². The van der Waals surface area contributed by atoms with Crippen LogP contribution in [-0.2, 0) is 4.74 Å². The van der Waals surface area contributed by atoms with Gasteiger partial charge in [0.1, 0.15) is 0 Å². The molecule has 1 saturated heterocycles. The maximum atomic E-state index is 5.46. The molecule has 2 unspecified atom stereocenters. The van der Waals surface area contributed by atoms with Crippen LogP contribution in [0.3, 0.4) is 0 Å². The number of thiophene rings is 1. The minimum Gasteiger partial charge on any atom is -0.381 e. The first-order valence-corrected chi connectivity index (χ1v) is 6.36. The summed E-state index contributed by atoms with van der Waals surface area (Å²) in [4.78, 5) is 2.90. The Morgan fingerprint density at radius 3 is 2.80 bits per heavy atom. The van der Waals surface area contributed by atoms with E-state index in [4.69, 9.17) is 4.74 Å². The van der Waals surface area contributed by atoms with E-state index in [1.165, 1.54) is 21.7 Å². The number of nitrogens with one attached hydrogen (secondary N) is 1. The summed E-state index contributed by atoms with van der Waals surface area (Å²) in [6, 6.07) is 2.80. The van der Waals surface area contributed by atoms with E-state index in [2.05, 4.69) is 25.2 Å². The molecule has 0 aromatic carbocycles. The molecule has 0 radical (unpaired) electrons. The monoisotopic (exact) mass is 225 g/mol. The Balaban J connectivity index is 2.18. The van der Waals surface area contributed by atoms with E-state index in [1.807, 2.05) is 18.4 Å². The lowest BCUT2D eigenvalue weighted by atomic mass is 9.97. The van der Waals surface area contributed by atoms with Crippen LogP contribution in [0.25, 0.3) is 0 Å². The first kappa shape index (κ1) is 11.1. The van der Waals surface area contributed by atoms with Gasteiger partial charge in [-0.2, -0.15) is 0 Å². The van der Waals surface area contributed by atoms with Gasteiger partial charge >= 0.3 is 0 Å². The minimum absolute atomic E-state index is 0.477. The fourth-order valence-corrected chi connectivity index (χ4v) is 3.43. The van der Waals surface area contributed by atoms with Crippen molar-refractivity contribution in [2.45, 2.75) is 26.3 Å². The van der Waals surface area contributed by atoms with E-state index >= 15 is 0 Å². The Labute approximate surface area is 95.6 Å². The van der Waals surface area contributed by atoms with Gasteiger partial charge in [-0.1, -0.05) is 0 Å². The molecule has 3 heteroatoms. The zero-order valence-electron chi connectivity index (χ0n) is 9.67. The van der Waals surface area contributed by atoms with Gasteiger partial charge in [-0.25, -0.2) is 0 Å². The molecule has 1 aliphatic heterocycles. The van der Waals surface area contributed by atoms with Gasteiger partial charge in [-0.3, -0.25) is 0 Å². The molecule has 1 N–H and O–H groups in total. The van der Waals surface area contributed by atoms with Crippen LogP contribution in [-0.4, -0.2) is 20.3 Å². The average Bonchev–Trinajstić information content (AvgIpc) is 2.80. The molecule has 2 rings (SSSR count). The summed E-state index contributed by atoms with van der Waals surface area (Å²) in [5.74, 6) is 0.646. The number of rotatable bonds is 3. The summed E-state index contributed by atoms with van der Waals surface area (Å²) in [5, 5.41) is 3.43. The molecular formula is C12H19NOS. The minimum atomic E-state index is 0.477. The van der Waals surface area contributed by atoms with Crippen LogP contribution in [0.2, 0.25) is 0 Å². The summed E-state index contributed by atoms with van der Waals surface area (Å²) in [6.07, 6.45) is 1.18. The Kier molecular flexibility index (Phi) is 3.44. The van der Waals surface area contributed by atoms with Crippen molar-refractivity contribution in [1.82, 2.24) is 5.32 Å². The van der Waals surface area contributed by atoms with Crippen LogP contribution in [0.15, 0.2) is 6.07 Å². The Bertz CT molecular complexity index is 309. The van der Waals surface area contributed by atoms with E-state index < -0.39 is 0 Å². The number of hydrogen-bond donors (Lipinski definition) is 1. The van der Waals surface area contributed by atoms with Crippen molar-refractivity contribution in [2.24, 2.45) is 5.92 Å². The molecular weight excluding hydrogens is 206 g/mol. The van der Waals surface area contributed by atoms with Gasteiger partial charge in [-0.05, 0) is 38.9 Å². The lowest BCUT2D eigenvalue weighted by molar-refractivity contribution is 0.178. The highest BCUT2D eigenvalue weighted by atomic mass is 32.1. The van der Waals surface area contributed by atoms with Crippen molar-refractivity contribution in [1.29, 1.82) is 0 Å². The third-order valence-electron chi connectivity index (χ3n) is 3.24. The standard InChI is InChI=1S/C12H19NOS/c1-8-6-11(15-9(8)2)12(13-3)10-4-5-14-7-10/h6,10,12-13H,4-5,7H2,1-3H3. The third kappa shape index (κ3) is 2.25. The molecule has 2 nitrogen and oxygen atoms in total. The van der Waals surface area contributed by atoms with Gasteiger partial charge in [0.15, 0.2) is 0 Å². The Morgan fingerprint density at radius 1 is 1.53 bits per heavy atom. The maximum Gasteiger partial charge on any atom is 0.0513 e.